The van der Waals surface area contributed by atoms with Gasteiger partial charge in [-0.1, -0.05) is 19.8 Å². The molecular formula is C12H24N2O. The number of hydrogen-bond acceptors (Lipinski definition) is 3. The topological polar surface area (TPSA) is 35.5 Å². The first kappa shape index (κ1) is 11.4. The van der Waals surface area contributed by atoms with Crippen LogP contribution in [-0.2, 0) is 0 Å². The van der Waals surface area contributed by atoms with Crippen LogP contribution >= 0.6 is 0 Å². The first-order valence-corrected chi connectivity index (χ1v) is 6.47. The van der Waals surface area contributed by atoms with Gasteiger partial charge in [0, 0.05) is 25.2 Å². The number of nitrogens with one attached hydrogen (secondary N) is 1. The van der Waals surface area contributed by atoms with Crippen molar-refractivity contribution in [2.24, 2.45) is 0 Å². The van der Waals surface area contributed by atoms with Crippen LogP contribution in [-0.4, -0.2) is 47.8 Å². The summed E-state index contributed by atoms with van der Waals surface area (Å²) in [6.45, 7) is 5.61. The van der Waals surface area contributed by atoms with Gasteiger partial charge in [0.05, 0.1) is 6.10 Å². The van der Waals surface area contributed by atoms with E-state index in [0.29, 0.717) is 12.1 Å². The summed E-state index contributed by atoms with van der Waals surface area (Å²) in [5, 5.41) is 13.4. The van der Waals surface area contributed by atoms with E-state index >= 15 is 0 Å². The van der Waals surface area contributed by atoms with Crippen molar-refractivity contribution in [1.82, 2.24) is 10.2 Å². The molecule has 0 bridgehead atoms. The molecule has 2 aliphatic rings. The highest BCUT2D eigenvalue weighted by atomic mass is 16.3. The van der Waals surface area contributed by atoms with Gasteiger partial charge in [0.1, 0.15) is 0 Å². The van der Waals surface area contributed by atoms with Gasteiger partial charge >= 0.3 is 0 Å². The Kier molecular flexibility index (Phi) is 4.00. The van der Waals surface area contributed by atoms with Gasteiger partial charge in [0.25, 0.3) is 0 Å². The van der Waals surface area contributed by atoms with Gasteiger partial charge in [0.15, 0.2) is 0 Å². The van der Waals surface area contributed by atoms with Gasteiger partial charge in [-0.05, 0) is 25.8 Å². The summed E-state index contributed by atoms with van der Waals surface area (Å²) in [4.78, 5) is 2.56. The molecule has 0 radical (unpaired) electrons. The zero-order chi connectivity index (χ0) is 10.7. The van der Waals surface area contributed by atoms with Crippen LogP contribution in [0.5, 0.6) is 0 Å². The molecule has 2 atom stereocenters. The minimum Gasteiger partial charge on any atom is -0.391 e. The third kappa shape index (κ3) is 2.52. The number of nitrogens with zero attached hydrogens (tertiary/aromatic N) is 1. The Balaban J connectivity index is 1.94. The fourth-order valence-corrected chi connectivity index (χ4v) is 2.86. The molecule has 2 fully saturated rings. The highest BCUT2D eigenvalue weighted by molar-refractivity contribution is 4.92. The van der Waals surface area contributed by atoms with Crippen LogP contribution in [0, 0.1) is 0 Å². The van der Waals surface area contributed by atoms with Gasteiger partial charge in [-0.2, -0.15) is 0 Å². The molecule has 3 heteroatoms. The van der Waals surface area contributed by atoms with Crippen LogP contribution in [0.4, 0.5) is 0 Å². The number of hydrogen-bond donors (Lipinski definition) is 2. The van der Waals surface area contributed by atoms with E-state index in [2.05, 4.69) is 17.1 Å². The van der Waals surface area contributed by atoms with Crippen molar-refractivity contribution < 1.29 is 5.11 Å². The van der Waals surface area contributed by atoms with Crippen LogP contribution in [0.15, 0.2) is 0 Å². The molecule has 2 rings (SSSR count). The Labute approximate surface area is 92.8 Å². The highest BCUT2D eigenvalue weighted by Gasteiger charge is 2.34. The molecule has 0 aromatic heterocycles. The summed E-state index contributed by atoms with van der Waals surface area (Å²) >= 11 is 0. The Morgan fingerprint density at radius 3 is 2.53 bits per heavy atom. The molecule has 1 saturated carbocycles. The Morgan fingerprint density at radius 2 is 2.00 bits per heavy atom. The molecule has 3 nitrogen and oxygen atoms in total. The second kappa shape index (κ2) is 5.28. The van der Waals surface area contributed by atoms with Crippen molar-refractivity contribution in [3.8, 4) is 0 Å². The van der Waals surface area contributed by atoms with Crippen molar-refractivity contribution in [3.05, 3.63) is 0 Å². The van der Waals surface area contributed by atoms with Gasteiger partial charge in [-0.25, -0.2) is 0 Å². The van der Waals surface area contributed by atoms with E-state index in [-0.39, 0.29) is 6.10 Å². The second-order valence-electron chi connectivity index (χ2n) is 4.97. The quantitative estimate of drug-likeness (QED) is 0.729. The molecule has 88 valence electrons. The molecule has 0 amide bonds. The summed E-state index contributed by atoms with van der Waals surface area (Å²) in [7, 11) is 0. The van der Waals surface area contributed by atoms with Crippen LogP contribution in [0.3, 0.4) is 0 Å². The van der Waals surface area contributed by atoms with Crippen molar-refractivity contribution in [2.45, 2.75) is 57.2 Å². The molecule has 2 unspecified atom stereocenters. The van der Waals surface area contributed by atoms with E-state index in [1.54, 1.807) is 0 Å². The lowest BCUT2D eigenvalue weighted by Gasteiger charge is -2.46. The molecule has 15 heavy (non-hydrogen) atoms. The Bertz CT molecular complexity index is 194. The van der Waals surface area contributed by atoms with Crippen LogP contribution in [0.25, 0.3) is 0 Å². The maximum Gasteiger partial charge on any atom is 0.0695 e. The zero-order valence-corrected chi connectivity index (χ0v) is 9.78. The molecule has 2 N–H and O–H groups in total. The van der Waals surface area contributed by atoms with E-state index in [4.69, 9.17) is 0 Å². The first-order valence-electron chi connectivity index (χ1n) is 6.47. The lowest BCUT2D eigenvalue weighted by atomic mass is 9.89. The van der Waals surface area contributed by atoms with E-state index in [1.807, 2.05) is 0 Å². The zero-order valence-electron chi connectivity index (χ0n) is 9.78. The summed E-state index contributed by atoms with van der Waals surface area (Å²) in [5.74, 6) is 0. The average Bonchev–Trinajstić information content (AvgIpc) is 2.15. The standard InChI is InChI=1S/C12H24N2O/c1-2-7-14(10-8-13-9-10)11-5-3-4-6-12(11)15/h10-13,15H,2-9H2,1H3. The fourth-order valence-electron chi connectivity index (χ4n) is 2.86. The molecular weight excluding hydrogens is 188 g/mol. The van der Waals surface area contributed by atoms with Crippen LogP contribution < -0.4 is 5.32 Å². The first-order chi connectivity index (χ1) is 7.33. The molecule has 1 heterocycles. The summed E-state index contributed by atoms with van der Waals surface area (Å²) < 4.78 is 0. The van der Waals surface area contributed by atoms with E-state index in [9.17, 15) is 5.11 Å². The van der Waals surface area contributed by atoms with Gasteiger partial charge in [-0.3, -0.25) is 4.90 Å². The van der Waals surface area contributed by atoms with E-state index < -0.39 is 0 Å². The van der Waals surface area contributed by atoms with Gasteiger partial charge in [0.2, 0.25) is 0 Å². The maximum atomic E-state index is 10.1. The monoisotopic (exact) mass is 212 g/mol. The third-order valence-electron chi connectivity index (χ3n) is 3.83. The predicted octanol–water partition coefficient (Wildman–Crippen LogP) is 0.974. The smallest absolute Gasteiger partial charge is 0.0695 e. The predicted molar refractivity (Wildman–Crippen MR) is 61.9 cm³/mol. The molecule has 0 aromatic rings. The van der Waals surface area contributed by atoms with Crippen LogP contribution in [0.2, 0.25) is 0 Å². The summed E-state index contributed by atoms with van der Waals surface area (Å²) in [6.07, 6.45) is 5.82. The molecule has 0 spiro atoms. The Hall–Kier alpha value is -0.120. The van der Waals surface area contributed by atoms with Crippen molar-refractivity contribution in [1.29, 1.82) is 0 Å². The van der Waals surface area contributed by atoms with E-state index in [1.165, 1.54) is 25.7 Å². The number of rotatable bonds is 4. The number of aliphatic hydroxyl groups is 1. The molecule has 1 saturated heterocycles. The second-order valence-corrected chi connectivity index (χ2v) is 4.97. The maximum absolute atomic E-state index is 10.1. The SMILES string of the molecule is CCCN(C1CNC1)C1CCCCC1O. The molecule has 1 aliphatic carbocycles. The summed E-state index contributed by atoms with van der Waals surface area (Å²) in [5.41, 5.74) is 0. The van der Waals surface area contributed by atoms with Crippen molar-refractivity contribution >= 4 is 0 Å². The van der Waals surface area contributed by atoms with Gasteiger partial charge < -0.3 is 10.4 Å². The lowest BCUT2D eigenvalue weighted by Crippen LogP contribution is -2.62. The Morgan fingerprint density at radius 1 is 1.27 bits per heavy atom. The van der Waals surface area contributed by atoms with E-state index in [0.717, 1.165) is 26.1 Å². The van der Waals surface area contributed by atoms with Crippen LogP contribution in [0.1, 0.15) is 39.0 Å². The fraction of sp³-hybridized carbons (Fsp3) is 1.00. The lowest BCUT2D eigenvalue weighted by molar-refractivity contribution is -0.0134. The van der Waals surface area contributed by atoms with Crippen molar-refractivity contribution in [2.75, 3.05) is 19.6 Å². The summed E-state index contributed by atoms with van der Waals surface area (Å²) in [6, 6.07) is 1.12. The minimum absolute atomic E-state index is 0.0779. The average molecular weight is 212 g/mol. The minimum atomic E-state index is -0.0779. The molecule has 0 aromatic carbocycles. The largest absolute Gasteiger partial charge is 0.391 e. The highest BCUT2D eigenvalue weighted by Crippen LogP contribution is 2.25. The van der Waals surface area contributed by atoms with Crippen molar-refractivity contribution in [3.63, 3.8) is 0 Å². The normalized spacial score (nSPS) is 33.0. The van der Waals surface area contributed by atoms with Gasteiger partial charge in [-0.15, -0.1) is 0 Å². The molecule has 1 aliphatic heterocycles. The number of aliphatic hydroxyl groups excluding tert-OH is 1. The third-order valence-corrected chi connectivity index (χ3v) is 3.83.